The number of hydrogen-bond acceptors (Lipinski definition) is 6. The van der Waals surface area contributed by atoms with Crippen molar-refractivity contribution in [2.75, 3.05) is 50.0 Å². The highest BCUT2D eigenvalue weighted by atomic mass is 19.4. The van der Waals surface area contributed by atoms with Crippen LogP contribution in [0.5, 0.6) is 0 Å². The molecule has 3 aliphatic rings. The van der Waals surface area contributed by atoms with Gasteiger partial charge in [0.1, 0.15) is 5.82 Å². The minimum absolute atomic E-state index is 0.213. The quantitative estimate of drug-likeness (QED) is 0.417. The minimum atomic E-state index is -4.71. The van der Waals surface area contributed by atoms with Crippen molar-refractivity contribution in [2.24, 2.45) is 11.8 Å². The lowest BCUT2D eigenvalue weighted by molar-refractivity contribution is -0.197. The van der Waals surface area contributed by atoms with E-state index < -0.39 is 48.6 Å². The molecule has 3 heterocycles. The molecule has 42 heavy (non-hydrogen) atoms. The number of rotatable bonds is 7. The van der Waals surface area contributed by atoms with Gasteiger partial charge in [0.25, 0.3) is 0 Å². The van der Waals surface area contributed by atoms with Crippen LogP contribution in [0.4, 0.5) is 29.1 Å². The topological polar surface area (TPSA) is 89.6 Å². The maximum atomic E-state index is 15.1. The number of piperidine rings is 1. The molecule has 1 aromatic carbocycles. The Balaban J connectivity index is 1.43. The number of anilines is 2. The third-order valence-electron chi connectivity index (χ3n) is 8.64. The van der Waals surface area contributed by atoms with E-state index in [4.69, 9.17) is 0 Å². The summed E-state index contributed by atoms with van der Waals surface area (Å²) in [4.78, 5) is 33.7. The lowest BCUT2D eigenvalue weighted by atomic mass is 9.84. The van der Waals surface area contributed by atoms with Crippen LogP contribution in [-0.4, -0.2) is 73.7 Å². The number of likely N-dealkylation sites (N-methyl/N-ethyl adjacent to an activating group) is 1. The number of piperazine rings is 1. The third-order valence-corrected chi connectivity index (χ3v) is 8.64. The molecule has 228 valence electrons. The maximum absolute atomic E-state index is 15.1. The predicted octanol–water partition coefficient (Wildman–Crippen LogP) is 4.31. The second-order valence-corrected chi connectivity index (χ2v) is 11.7. The smallest absolute Gasteiger partial charge is 0.355 e. The van der Waals surface area contributed by atoms with E-state index in [-0.39, 0.29) is 5.69 Å². The number of hydrogen-bond donors (Lipinski definition) is 3. The number of carbonyl (C=O) groups is 2. The number of benzene rings is 1. The lowest BCUT2D eigenvalue weighted by Gasteiger charge is -2.35. The van der Waals surface area contributed by atoms with E-state index >= 15 is 4.39 Å². The second-order valence-electron chi connectivity index (χ2n) is 11.7. The Labute approximate surface area is 243 Å². The summed E-state index contributed by atoms with van der Waals surface area (Å²) in [5, 5.41) is 8.62. The number of nitrogens with one attached hydrogen (secondary N) is 3. The molecule has 2 amide bonds. The minimum Gasteiger partial charge on any atom is -0.355 e. The largest absolute Gasteiger partial charge is 0.393 e. The van der Waals surface area contributed by atoms with E-state index in [1.165, 1.54) is 25.3 Å². The average molecular weight is 591 g/mol. The highest BCUT2D eigenvalue weighted by Crippen LogP contribution is 2.38. The van der Waals surface area contributed by atoms with E-state index in [2.05, 4.69) is 25.8 Å². The average Bonchev–Trinajstić information content (AvgIpc) is 2.97. The molecular weight excluding hydrogens is 552 g/mol. The van der Waals surface area contributed by atoms with Crippen molar-refractivity contribution in [2.45, 2.75) is 57.3 Å². The summed E-state index contributed by atoms with van der Waals surface area (Å²) in [7, 11) is 1.99. The van der Waals surface area contributed by atoms with Crippen molar-refractivity contribution in [1.82, 2.24) is 20.5 Å². The Kier molecular flexibility index (Phi) is 9.32. The normalized spacial score (nSPS) is 22.6. The summed E-state index contributed by atoms with van der Waals surface area (Å²) in [5.74, 6) is -5.25. The number of pyridine rings is 1. The first-order valence-corrected chi connectivity index (χ1v) is 14.7. The molecule has 0 radical (unpaired) electrons. The third kappa shape index (κ3) is 7.20. The number of alkyl halides is 3. The Hall–Kier alpha value is -3.25. The van der Waals surface area contributed by atoms with E-state index in [0.29, 0.717) is 42.6 Å². The molecule has 0 spiro atoms. The van der Waals surface area contributed by atoms with Gasteiger partial charge in [0.15, 0.2) is 5.82 Å². The maximum Gasteiger partial charge on any atom is 0.393 e. The summed E-state index contributed by atoms with van der Waals surface area (Å²) < 4.78 is 56.5. The summed E-state index contributed by atoms with van der Waals surface area (Å²) in [5.41, 5.74) is 1.81. The molecular formula is C30H38F4N6O2. The second kappa shape index (κ2) is 12.9. The van der Waals surface area contributed by atoms with Crippen LogP contribution in [0.2, 0.25) is 0 Å². The standard InChI is InChI=1S/C30H38F4N6O2/c1-39-9-11-40(12-10-39)28-26(38-29(42)23-18-36-27(41)15-24(23)30(32,33)34)14-20(17-37-28)22-13-19(7-8-25(22)31)16-35-21-5-3-2-4-6-21/h7-8,13-14,17,21,23-24,35H,2-6,9-12,15-16,18H2,1H3,(H,36,41)(H,38,42). The number of nitrogens with zero attached hydrogens (tertiary/aromatic N) is 3. The molecule has 3 fully saturated rings. The Bertz CT molecular complexity index is 1270. The molecule has 2 atom stereocenters. The van der Waals surface area contributed by atoms with Crippen LogP contribution >= 0.6 is 0 Å². The van der Waals surface area contributed by atoms with Gasteiger partial charge >= 0.3 is 6.18 Å². The highest BCUT2D eigenvalue weighted by Gasteiger charge is 2.50. The van der Waals surface area contributed by atoms with Gasteiger partial charge in [0, 0.05) is 69.1 Å². The summed E-state index contributed by atoms with van der Waals surface area (Å²) >= 11 is 0. The number of halogens is 4. The van der Waals surface area contributed by atoms with Crippen molar-refractivity contribution in [1.29, 1.82) is 0 Å². The first-order valence-electron chi connectivity index (χ1n) is 14.7. The molecule has 3 N–H and O–H groups in total. The Morgan fingerprint density at radius 2 is 1.83 bits per heavy atom. The zero-order valence-electron chi connectivity index (χ0n) is 23.8. The zero-order valence-corrected chi connectivity index (χ0v) is 23.8. The number of aromatic nitrogens is 1. The molecule has 8 nitrogen and oxygen atoms in total. The predicted molar refractivity (Wildman–Crippen MR) is 152 cm³/mol. The van der Waals surface area contributed by atoms with Crippen LogP contribution in [0, 0.1) is 17.7 Å². The van der Waals surface area contributed by atoms with Crippen molar-refractivity contribution < 1.29 is 27.2 Å². The van der Waals surface area contributed by atoms with Crippen LogP contribution in [-0.2, 0) is 16.1 Å². The molecule has 5 rings (SSSR count). The van der Waals surface area contributed by atoms with Gasteiger partial charge in [-0.15, -0.1) is 0 Å². The fourth-order valence-electron chi connectivity index (χ4n) is 6.06. The van der Waals surface area contributed by atoms with Gasteiger partial charge in [-0.2, -0.15) is 13.2 Å². The van der Waals surface area contributed by atoms with Crippen LogP contribution in [0.3, 0.4) is 0 Å². The SMILES string of the molecule is CN1CCN(c2ncc(-c3cc(CNC4CCCCC4)ccc3F)cc2NC(=O)C2CNC(=O)CC2C(F)(F)F)CC1. The van der Waals surface area contributed by atoms with Crippen molar-refractivity contribution in [3.05, 3.63) is 41.8 Å². The Morgan fingerprint density at radius 1 is 1.10 bits per heavy atom. The first-order chi connectivity index (χ1) is 20.1. The van der Waals surface area contributed by atoms with Gasteiger partial charge in [-0.25, -0.2) is 9.37 Å². The van der Waals surface area contributed by atoms with Gasteiger partial charge in [-0.1, -0.05) is 25.3 Å². The zero-order chi connectivity index (χ0) is 29.9. The van der Waals surface area contributed by atoms with Crippen molar-refractivity contribution >= 4 is 23.3 Å². The van der Waals surface area contributed by atoms with Gasteiger partial charge in [-0.3, -0.25) is 9.59 Å². The van der Waals surface area contributed by atoms with E-state index in [1.54, 1.807) is 24.4 Å². The van der Waals surface area contributed by atoms with Crippen LogP contribution in [0.15, 0.2) is 30.5 Å². The molecule has 2 aliphatic heterocycles. The molecule has 1 aliphatic carbocycles. The lowest BCUT2D eigenvalue weighted by Crippen LogP contribution is -2.50. The molecule has 12 heteroatoms. The molecule has 0 bridgehead atoms. The van der Waals surface area contributed by atoms with Crippen LogP contribution in [0.1, 0.15) is 44.1 Å². The highest BCUT2D eigenvalue weighted by molar-refractivity contribution is 5.97. The fourth-order valence-corrected chi connectivity index (χ4v) is 6.06. The van der Waals surface area contributed by atoms with Crippen molar-refractivity contribution in [3.8, 4) is 11.1 Å². The summed E-state index contributed by atoms with van der Waals surface area (Å²) in [6, 6.07) is 6.90. The van der Waals surface area contributed by atoms with Gasteiger partial charge < -0.3 is 25.8 Å². The summed E-state index contributed by atoms with van der Waals surface area (Å²) in [6.07, 6.45) is 1.91. The van der Waals surface area contributed by atoms with Gasteiger partial charge in [0.2, 0.25) is 11.8 Å². The Morgan fingerprint density at radius 3 is 2.55 bits per heavy atom. The van der Waals surface area contributed by atoms with Crippen molar-refractivity contribution in [3.63, 3.8) is 0 Å². The van der Waals surface area contributed by atoms with Gasteiger partial charge in [-0.05, 0) is 43.7 Å². The number of carbonyl (C=O) groups excluding carboxylic acids is 2. The monoisotopic (exact) mass is 590 g/mol. The van der Waals surface area contributed by atoms with E-state index in [1.807, 2.05) is 11.9 Å². The van der Waals surface area contributed by atoms with Gasteiger partial charge in [0.05, 0.1) is 17.5 Å². The molecule has 2 unspecified atom stereocenters. The molecule has 1 saturated carbocycles. The van der Waals surface area contributed by atoms with E-state index in [9.17, 15) is 22.8 Å². The number of amides is 2. The van der Waals surface area contributed by atoms with Crippen LogP contribution in [0.25, 0.3) is 11.1 Å². The fraction of sp³-hybridized carbons (Fsp3) is 0.567. The first kappa shape index (κ1) is 30.2. The van der Waals surface area contributed by atoms with Crippen LogP contribution < -0.4 is 20.9 Å². The van der Waals surface area contributed by atoms with E-state index in [0.717, 1.165) is 31.5 Å². The molecule has 2 aromatic rings. The molecule has 2 saturated heterocycles. The molecule has 1 aromatic heterocycles. The summed E-state index contributed by atoms with van der Waals surface area (Å²) in [6.45, 7) is 2.86.